The molecule has 0 aliphatic heterocycles. The first kappa shape index (κ1) is 68.3. The standard InChI is InChI=1S/C64H123NO5/c1-3-5-7-9-11-13-15-17-19-20-25-29-32-36-40-44-48-52-56-62(67)61(60-66)65-63(68)57-53-49-45-41-37-33-30-26-23-21-22-24-27-31-35-39-43-47-51-55-59-70-64(69)58-54-50-46-42-38-34-28-18-16-14-12-10-8-6-4-2/h18,28,52,56,61-62,66-67H,3-17,19-27,29-51,53-55,57-60H2,1-2H3,(H,65,68)/b28-18-,56-52+. The second kappa shape index (κ2) is 59.9. The van der Waals surface area contributed by atoms with E-state index in [4.69, 9.17) is 4.74 Å². The Hall–Kier alpha value is -1.66. The lowest BCUT2D eigenvalue weighted by Gasteiger charge is -2.20. The number of rotatable bonds is 59. The highest BCUT2D eigenvalue weighted by Gasteiger charge is 2.18. The van der Waals surface area contributed by atoms with Gasteiger partial charge in [0.05, 0.1) is 25.4 Å². The summed E-state index contributed by atoms with van der Waals surface area (Å²) in [5.74, 6) is -0.0648. The van der Waals surface area contributed by atoms with Gasteiger partial charge in [0.1, 0.15) is 0 Å². The summed E-state index contributed by atoms with van der Waals surface area (Å²) in [6.07, 6.45) is 73.6. The lowest BCUT2D eigenvalue weighted by molar-refractivity contribution is -0.143. The summed E-state index contributed by atoms with van der Waals surface area (Å²) in [7, 11) is 0. The molecule has 0 saturated carbocycles. The third-order valence-corrected chi connectivity index (χ3v) is 14.7. The molecule has 70 heavy (non-hydrogen) atoms. The van der Waals surface area contributed by atoms with Gasteiger partial charge in [-0.05, 0) is 57.8 Å². The normalized spacial score (nSPS) is 12.7. The number of ether oxygens (including phenoxy) is 1. The van der Waals surface area contributed by atoms with E-state index in [0.717, 1.165) is 44.9 Å². The molecule has 0 bridgehead atoms. The molecule has 0 fully saturated rings. The molecule has 6 heteroatoms. The number of aliphatic hydroxyl groups excluding tert-OH is 2. The van der Waals surface area contributed by atoms with Crippen LogP contribution in [-0.4, -0.2) is 47.4 Å². The molecule has 0 aromatic rings. The monoisotopic (exact) mass is 986 g/mol. The molecule has 0 spiro atoms. The van der Waals surface area contributed by atoms with Crippen LogP contribution in [0.3, 0.4) is 0 Å². The van der Waals surface area contributed by atoms with Crippen molar-refractivity contribution < 1.29 is 24.5 Å². The molecule has 0 aromatic heterocycles. The summed E-state index contributed by atoms with van der Waals surface area (Å²) in [6.45, 7) is 4.92. The van der Waals surface area contributed by atoms with Gasteiger partial charge in [-0.1, -0.05) is 301 Å². The van der Waals surface area contributed by atoms with Crippen LogP contribution in [0.5, 0.6) is 0 Å². The summed E-state index contributed by atoms with van der Waals surface area (Å²) < 4.78 is 5.48. The third-order valence-electron chi connectivity index (χ3n) is 14.7. The van der Waals surface area contributed by atoms with E-state index < -0.39 is 12.1 Å². The van der Waals surface area contributed by atoms with Gasteiger partial charge in [0, 0.05) is 12.8 Å². The Balaban J connectivity index is 3.42. The van der Waals surface area contributed by atoms with Crippen molar-refractivity contribution in [2.45, 2.75) is 360 Å². The highest BCUT2D eigenvalue weighted by molar-refractivity contribution is 5.76. The van der Waals surface area contributed by atoms with Gasteiger partial charge in [-0.2, -0.15) is 0 Å². The van der Waals surface area contributed by atoms with Crippen LogP contribution >= 0.6 is 0 Å². The predicted molar refractivity (Wildman–Crippen MR) is 306 cm³/mol. The van der Waals surface area contributed by atoms with Gasteiger partial charge in [0.15, 0.2) is 0 Å². The number of carbonyl (C=O) groups excluding carboxylic acids is 2. The molecule has 414 valence electrons. The number of carbonyl (C=O) groups is 2. The number of unbranched alkanes of at least 4 members (excludes halogenated alkanes) is 46. The van der Waals surface area contributed by atoms with Crippen molar-refractivity contribution in [3.8, 4) is 0 Å². The van der Waals surface area contributed by atoms with E-state index in [0.29, 0.717) is 19.4 Å². The first-order valence-electron chi connectivity index (χ1n) is 31.6. The minimum Gasteiger partial charge on any atom is -0.466 e. The van der Waals surface area contributed by atoms with E-state index in [1.807, 2.05) is 6.08 Å². The fourth-order valence-electron chi connectivity index (χ4n) is 9.87. The molecule has 0 radical (unpaired) electrons. The second-order valence-electron chi connectivity index (χ2n) is 21.7. The SMILES string of the molecule is CCCCCCCC/C=C\CCCCCCCC(=O)OCCCCCCCCCCCCCCCCCCCCCCC(=O)NC(CO)C(O)/C=C/CCCCCCCCCCCCCCCCCC. The third kappa shape index (κ3) is 55.7. The molecule has 2 atom stereocenters. The zero-order valence-corrected chi connectivity index (χ0v) is 47.3. The van der Waals surface area contributed by atoms with E-state index in [-0.39, 0.29) is 18.5 Å². The zero-order chi connectivity index (χ0) is 50.7. The van der Waals surface area contributed by atoms with E-state index in [1.165, 1.54) is 276 Å². The van der Waals surface area contributed by atoms with Crippen molar-refractivity contribution in [2.24, 2.45) is 0 Å². The van der Waals surface area contributed by atoms with Crippen molar-refractivity contribution in [3.63, 3.8) is 0 Å². The highest BCUT2D eigenvalue weighted by Crippen LogP contribution is 2.18. The molecule has 0 aromatic carbocycles. The van der Waals surface area contributed by atoms with Crippen molar-refractivity contribution >= 4 is 11.9 Å². The van der Waals surface area contributed by atoms with Crippen LogP contribution in [0.2, 0.25) is 0 Å². The molecule has 0 heterocycles. The summed E-state index contributed by atoms with van der Waals surface area (Å²) in [6, 6.07) is -0.630. The molecule has 3 N–H and O–H groups in total. The highest BCUT2D eigenvalue weighted by atomic mass is 16.5. The van der Waals surface area contributed by atoms with Crippen LogP contribution in [0.15, 0.2) is 24.3 Å². The van der Waals surface area contributed by atoms with Gasteiger partial charge in [-0.25, -0.2) is 0 Å². The Morgan fingerprint density at radius 1 is 0.386 bits per heavy atom. The van der Waals surface area contributed by atoms with Crippen molar-refractivity contribution in [1.29, 1.82) is 0 Å². The molecule has 0 saturated heterocycles. The summed E-state index contributed by atoms with van der Waals surface area (Å²) in [5.41, 5.74) is 0. The van der Waals surface area contributed by atoms with Gasteiger partial charge < -0.3 is 20.3 Å². The fourth-order valence-corrected chi connectivity index (χ4v) is 9.87. The van der Waals surface area contributed by atoms with Gasteiger partial charge in [0.2, 0.25) is 5.91 Å². The number of hydrogen-bond acceptors (Lipinski definition) is 5. The van der Waals surface area contributed by atoms with E-state index in [2.05, 4.69) is 31.3 Å². The quantitative estimate of drug-likeness (QED) is 0.0321. The van der Waals surface area contributed by atoms with Crippen LogP contribution in [0.1, 0.15) is 348 Å². The number of esters is 1. The van der Waals surface area contributed by atoms with Crippen molar-refractivity contribution in [3.05, 3.63) is 24.3 Å². The molecular weight excluding hydrogens is 863 g/mol. The Morgan fingerprint density at radius 2 is 0.671 bits per heavy atom. The van der Waals surface area contributed by atoms with E-state index in [1.54, 1.807) is 6.08 Å². The molecule has 6 nitrogen and oxygen atoms in total. The Labute approximate surface area is 437 Å². The number of allylic oxidation sites excluding steroid dienone is 3. The maximum atomic E-state index is 12.5. The van der Waals surface area contributed by atoms with E-state index in [9.17, 15) is 19.8 Å². The molecular formula is C64H123NO5. The number of aliphatic hydroxyl groups is 2. The average molecular weight is 987 g/mol. The topological polar surface area (TPSA) is 95.9 Å². The van der Waals surface area contributed by atoms with E-state index >= 15 is 0 Å². The van der Waals surface area contributed by atoms with Gasteiger partial charge in [0.25, 0.3) is 0 Å². The lowest BCUT2D eigenvalue weighted by atomic mass is 10.0. The smallest absolute Gasteiger partial charge is 0.305 e. The largest absolute Gasteiger partial charge is 0.466 e. The predicted octanol–water partition coefficient (Wildman–Crippen LogP) is 19.8. The summed E-state index contributed by atoms with van der Waals surface area (Å²) in [5, 5.41) is 23.2. The van der Waals surface area contributed by atoms with Crippen LogP contribution in [0.4, 0.5) is 0 Å². The van der Waals surface area contributed by atoms with Gasteiger partial charge >= 0.3 is 5.97 Å². The summed E-state index contributed by atoms with van der Waals surface area (Å²) >= 11 is 0. The molecule has 0 aliphatic carbocycles. The molecule has 1 amide bonds. The maximum Gasteiger partial charge on any atom is 0.305 e. The Kier molecular flexibility index (Phi) is 58.5. The molecule has 0 aliphatic rings. The first-order chi connectivity index (χ1) is 34.5. The van der Waals surface area contributed by atoms with Crippen LogP contribution in [0.25, 0.3) is 0 Å². The zero-order valence-electron chi connectivity index (χ0n) is 47.3. The molecule has 0 rings (SSSR count). The minimum absolute atomic E-state index is 0.00250. The first-order valence-corrected chi connectivity index (χ1v) is 31.6. The van der Waals surface area contributed by atoms with Gasteiger partial charge in [-0.3, -0.25) is 9.59 Å². The van der Waals surface area contributed by atoms with Crippen LogP contribution in [0, 0.1) is 0 Å². The van der Waals surface area contributed by atoms with Crippen molar-refractivity contribution in [2.75, 3.05) is 13.2 Å². The summed E-state index contributed by atoms with van der Waals surface area (Å²) in [4.78, 5) is 24.5. The van der Waals surface area contributed by atoms with Crippen molar-refractivity contribution in [1.82, 2.24) is 5.32 Å². The fraction of sp³-hybridized carbons (Fsp3) is 0.906. The lowest BCUT2D eigenvalue weighted by Crippen LogP contribution is -2.45. The number of hydrogen-bond donors (Lipinski definition) is 3. The number of nitrogens with one attached hydrogen (secondary N) is 1. The number of amides is 1. The Morgan fingerprint density at radius 3 is 1.01 bits per heavy atom. The average Bonchev–Trinajstić information content (AvgIpc) is 3.36. The van der Waals surface area contributed by atoms with Crippen LogP contribution in [-0.2, 0) is 14.3 Å². The van der Waals surface area contributed by atoms with Gasteiger partial charge in [-0.15, -0.1) is 0 Å². The maximum absolute atomic E-state index is 12.5. The minimum atomic E-state index is -0.846. The molecule has 2 unspecified atom stereocenters. The Bertz CT molecular complexity index is 1090. The van der Waals surface area contributed by atoms with Crippen LogP contribution < -0.4 is 5.32 Å². The second-order valence-corrected chi connectivity index (χ2v) is 21.7.